The summed E-state index contributed by atoms with van der Waals surface area (Å²) in [4.78, 5) is 26.4. The lowest BCUT2D eigenvalue weighted by Crippen LogP contribution is -2.59. The van der Waals surface area contributed by atoms with Crippen LogP contribution in [0.25, 0.3) is 21.7 Å². The van der Waals surface area contributed by atoms with Crippen molar-refractivity contribution in [2.75, 3.05) is 17.2 Å². The Balaban J connectivity index is 1.35. The van der Waals surface area contributed by atoms with E-state index in [4.69, 9.17) is 11.6 Å². The summed E-state index contributed by atoms with van der Waals surface area (Å²) in [7, 11) is 1.60. The van der Waals surface area contributed by atoms with Crippen molar-refractivity contribution < 1.29 is 4.39 Å². The predicted octanol–water partition coefficient (Wildman–Crippen LogP) is 5.43. The van der Waals surface area contributed by atoms with Gasteiger partial charge in [-0.05, 0) is 59.7 Å². The number of halogens is 2. The molecule has 216 valence electrons. The van der Waals surface area contributed by atoms with Crippen molar-refractivity contribution in [1.29, 1.82) is 0 Å². The first-order valence-corrected chi connectivity index (χ1v) is 14.4. The molecular weight excluding hydrogens is 557 g/mol. The molecule has 3 aliphatic carbocycles. The summed E-state index contributed by atoms with van der Waals surface area (Å²) < 4.78 is 18.4. The monoisotopic (exact) mass is 587 g/mol. The second kappa shape index (κ2) is 9.45. The Bertz CT molecular complexity index is 1910. The van der Waals surface area contributed by atoms with E-state index in [9.17, 15) is 4.79 Å². The normalized spacial score (nSPS) is 20.3. The van der Waals surface area contributed by atoms with Crippen LogP contribution in [-0.2, 0) is 12.6 Å². The van der Waals surface area contributed by atoms with Crippen molar-refractivity contribution >= 4 is 44.9 Å². The Morgan fingerprint density at radius 1 is 1.17 bits per heavy atom. The van der Waals surface area contributed by atoms with E-state index in [-0.39, 0.29) is 21.5 Å². The lowest BCUT2D eigenvalue weighted by Gasteiger charge is -2.61. The van der Waals surface area contributed by atoms with Crippen LogP contribution in [0.1, 0.15) is 57.3 Å². The van der Waals surface area contributed by atoms with Gasteiger partial charge in [0.25, 0.3) is 5.56 Å². The summed E-state index contributed by atoms with van der Waals surface area (Å²) in [6.07, 6.45) is 8.37. The molecule has 42 heavy (non-hydrogen) atoms. The maximum atomic E-state index is 15.0. The van der Waals surface area contributed by atoms with E-state index in [0.717, 1.165) is 25.2 Å². The topological polar surface area (TPSA) is 115 Å². The molecule has 3 aliphatic rings. The Morgan fingerprint density at radius 2 is 1.95 bits per heavy atom. The van der Waals surface area contributed by atoms with Crippen molar-refractivity contribution in [2.45, 2.75) is 51.6 Å². The molecule has 1 atom stereocenters. The van der Waals surface area contributed by atoms with Gasteiger partial charge in [-0.25, -0.2) is 24.0 Å². The highest BCUT2D eigenvalue weighted by atomic mass is 35.5. The molecule has 2 N–H and O–H groups in total. The number of benzene rings is 1. The summed E-state index contributed by atoms with van der Waals surface area (Å²) in [5, 5.41) is 17.4. The van der Waals surface area contributed by atoms with Gasteiger partial charge in [-0.3, -0.25) is 4.79 Å². The first kappa shape index (κ1) is 26.8. The van der Waals surface area contributed by atoms with E-state index in [1.807, 2.05) is 16.9 Å². The Morgan fingerprint density at radius 3 is 2.67 bits per heavy atom. The summed E-state index contributed by atoms with van der Waals surface area (Å²) in [5.41, 5.74) is 1.46. The van der Waals surface area contributed by atoms with E-state index in [1.165, 1.54) is 17.0 Å². The standard InChI is InChI=1S/C30H31ClFN9O/c1-29(2,3)14-33-27-19-9-22(37-26(31)25(19)34-15-35-27)36-24(21-13-41(39-38-21)30-10-16(11-30)12-30)18-5-6-20(32)23-17(18)7-8-40(4)28(23)42/h5-9,13,15-16,24H,10-12,14H2,1-4H3,(H,36,37)(H,33,34,35)/t16?,24-,30?/m0/s1. The Labute approximate surface area is 246 Å². The molecule has 0 aliphatic heterocycles. The van der Waals surface area contributed by atoms with Gasteiger partial charge in [0.05, 0.1) is 23.2 Å². The molecule has 1 aromatic carbocycles. The maximum Gasteiger partial charge on any atom is 0.261 e. The number of aromatic nitrogens is 7. The number of aryl methyl sites for hydroxylation is 1. The van der Waals surface area contributed by atoms with E-state index < -0.39 is 17.4 Å². The van der Waals surface area contributed by atoms with E-state index in [2.05, 4.69) is 56.7 Å². The number of hydrogen-bond acceptors (Lipinski definition) is 8. The van der Waals surface area contributed by atoms with Gasteiger partial charge in [0, 0.05) is 25.2 Å². The van der Waals surface area contributed by atoms with E-state index in [0.29, 0.717) is 45.7 Å². The number of pyridine rings is 2. The highest BCUT2D eigenvalue weighted by molar-refractivity contribution is 6.34. The molecule has 0 radical (unpaired) electrons. The number of fused-ring (bicyclic) bond motifs is 2. The van der Waals surface area contributed by atoms with Crippen LogP contribution in [0, 0.1) is 17.2 Å². The highest BCUT2D eigenvalue weighted by Gasteiger charge is 2.59. The van der Waals surface area contributed by atoms with Crippen LogP contribution in [0.3, 0.4) is 0 Å². The van der Waals surface area contributed by atoms with Crippen LogP contribution in [0.5, 0.6) is 0 Å². The number of nitrogens with zero attached hydrogens (tertiary/aromatic N) is 7. The molecule has 5 aromatic rings. The minimum absolute atomic E-state index is 0.0164. The fourth-order valence-electron chi connectivity index (χ4n) is 6.09. The zero-order valence-electron chi connectivity index (χ0n) is 23.8. The zero-order chi connectivity index (χ0) is 29.4. The lowest BCUT2D eigenvalue weighted by molar-refractivity contribution is -0.0989. The van der Waals surface area contributed by atoms with Gasteiger partial charge >= 0.3 is 0 Å². The fourth-order valence-corrected chi connectivity index (χ4v) is 6.33. The third kappa shape index (κ3) is 4.38. The molecule has 0 unspecified atom stereocenters. The minimum Gasteiger partial charge on any atom is -0.369 e. The van der Waals surface area contributed by atoms with Crippen LogP contribution in [0.15, 0.2) is 47.8 Å². The van der Waals surface area contributed by atoms with Gasteiger partial charge in [-0.15, -0.1) is 5.10 Å². The third-order valence-corrected chi connectivity index (χ3v) is 8.76. The average molecular weight is 588 g/mol. The van der Waals surface area contributed by atoms with Gasteiger partial charge in [0.2, 0.25) is 0 Å². The second-order valence-electron chi connectivity index (χ2n) is 12.9. The second-order valence-corrected chi connectivity index (χ2v) is 13.2. The first-order chi connectivity index (χ1) is 20.0. The molecule has 10 nitrogen and oxygen atoms in total. The van der Waals surface area contributed by atoms with Crippen LogP contribution in [0.2, 0.25) is 5.15 Å². The van der Waals surface area contributed by atoms with Gasteiger partial charge in [0.15, 0.2) is 5.15 Å². The Kier molecular flexibility index (Phi) is 6.02. The van der Waals surface area contributed by atoms with Crippen molar-refractivity contribution in [3.8, 4) is 0 Å². The van der Waals surface area contributed by atoms with Crippen LogP contribution in [0.4, 0.5) is 16.0 Å². The summed E-state index contributed by atoms with van der Waals surface area (Å²) >= 11 is 6.65. The summed E-state index contributed by atoms with van der Waals surface area (Å²) in [6.45, 7) is 7.09. The van der Waals surface area contributed by atoms with Gasteiger partial charge in [0.1, 0.15) is 35.0 Å². The SMILES string of the molecule is Cn1ccc2c([C@H](Nc3cc4c(NCC(C)(C)C)ncnc4c(Cl)n3)c3cn(C45CC(C4)C5)nn3)ccc(F)c2c1=O. The molecular formula is C30H31ClFN9O. The third-order valence-electron chi connectivity index (χ3n) is 8.49. The van der Waals surface area contributed by atoms with Crippen molar-refractivity contribution in [2.24, 2.45) is 18.4 Å². The molecule has 4 heterocycles. The van der Waals surface area contributed by atoms with Crippen molar-refractivity contribution in [1.82, 2.24) is 34.5 Å². The molecule has 0 spiro atoms. The van der Waals surface area contributed by atoms with E-state index in [1.54, 1.807) is 25.4 Å². The average Bonchev–Trinajstić information content (AvgIpc) is 3.36. The van der Waals surface area contributed by atoms with Crippen LogP contribution in [-0.4, -0.2) is 41.1 Å². The highest BCUT2D eigenvalue weighted by Crippen LogP contribution is 2.62. The van der Waals surface area contributed by atoms with Gasteiger partial charge < -0.3 is 15.2 Å². The predicted molar refractivity (Wildman–Crippen MR) is 160 cm³/mol. The number of rotatable bonds is 7. The quantitative estimate of drug-likeness (QED) is 0.242. The molecule has 12 heteroatoms. The number of hydrogen-bond donors (Lipinski definition) is 2. The lowest BCUT2D eigenvalue weighted by atomic mass is 9.50. The zero-order valence-corrected chi connectivity index (χ0v) is 24.6. The van der Waals surface area contributed by atoms with Gasteiger partial charge in [-0.1, -0.05) is 43.7 Å². The molecule has 0 amide bonds. The summed E-state index contributed by atoms with van der Waals surface area (Å²) in [5.74, 6) is 1.29. The van der Waals surface area contributed by atoms with Crippen molar-refractivity contribution in [3.63, 3.8) is 0 Å². The first-order valence-electron chi connectivity index (χ1n) is 14.0. The molecule has 2 bridgehead atoms. The molecule has 0 saturated heterocycles. The van der Waals surface area contributed by atoms with Gasteiger partial charge in [-0.2, -0.15) is 0 Å². The number of anilines is 2. The van der Waals surface area contributed by atoms with Crippen LogP contribution < -0.4 is 16.2 Å². The molecule has 4 aromatic heterocycles. The van der Waals surface area contributed by atoms with E-state index >= 15 is 4.39 Å². The number of nitrogens with one attached hydrogen (secondary N) is 2. The largest absolute Gasteiger partial charge is 0.369 e. The molecule has 3 saturated carbocycles. The fraction of sp³-hybridized carbons (Fsp3) is 0.400. The van der Waals surface area contributed by atoms with Crippen molar-refractivity contribution in [3.05, 3.63) is 75.6 Å². The smallest absolute Gasteiger partial charge is 0.261 e. The summed E-state index contributed by atoms with van der Waals surface area (Å²) in [6, 6.07) is 5.98. The van der Waals surface area contributed by atoms with Crippen LogP contribution >= 0.6 is 11.6 Å². The minimum atomic E-state index is -0.613. The molecule has 3 fully saturated rings. The molecule has 8 rings (SSSR count). The Hall–Kier alpha value is -4.12. The maximum absolute atomic E-state index is 15.0.